The first kappa shape index (κ1) is 26.1. The molecule has 5 nitrogen and oxygen atoms in total. The van der Waals surface area contributed by atoms with Crippen molar-refractivity contribution in [1.82, 2.24) is 5.32 Å². The van der Waals surface area contributed by atoms with Crippen molar-refractivity contribution < 1.29 is 37.6 Å². The maximum Gasteiger partial charge on any atom is 0.296 e. The summed E-state index contributed by atoms with van der Waals surface area (Å²) >= 11 is 0. The van der Waals surface area contributed by atoms with Crippen LogP contribution in [0.5, 0.6) is 5.75 Å². The van der Waals surface area contributed by atoms with Crippen LogP contribution in [0, 0.1) is 0 Å². The van der Waals surface area contributed by atoms with Gasteiger partial charge in [-0.2, -0.15) is 8.78 Å². The lowest BCUT2D eigenvalue weighted by Gasteiger charge is -2.20. The van der Waals surface area contributed by atoms with Crippen molar-refractivity contribution in [2.75, 3.05) is 19.8 Å². The fraction of sp³-hybridized carbons (Fsp3) is 0.478. The summed E-state index contributed by atoms with van der Waals surface area (Å²) in [5.41, 5.74) is 0.774. The highest BCUT2D eigenvalue weighted by atomic mass is 19.3. The first-order valence-electron chi connectivity index (χ1n) is 10.3. The standard InChI is InChI=1S/C23H29F4NO4/c24-22(25,10-12-32-16-23(26,27)19-5-2-1-3-6-19)9-4-11-28-21(31)14-17-7-8-20(30)18(13-17)15-29/h1-3,5-8,13,21,28-31H,4,9-12,14-16H2/t21-/m1/s1. The van der Waals surface area contributed by atoms with Crippen LogP contribution < -0.4 is 5.32 Å². The molecule has 9 heteroatoms. The van der Waals surface area contributed by atoms with E-state index in [1.807, 2.05) is 0 Å². The highest BCUT2D eigenvalue weighted by molar-refractivity contribution is 5.35. The first-order chi connectivity index (χ1) is 15.1. The minimum Gasteiger partial charge on any atom is -0.508 e. The van der Waals surface area contributed by atoms with Crippen LogP contribution in [0.3, 0.4) is 0 Å². The predicted octanol–water partition coefficient (Wildman–Crippen LogP) is 3.95. The molecule has 0 bridgehead atoms. The van der Waals surface area contributed by atoms with Crippen LogP contribution in [0.2, 0.25) is 0 Å². The van der Waals surface area contributed by atoms with Gasteiger partial charge in [0.2, 0.25) is 5.92 Å². The van der Waals surface area contributed by atoms with Gasteiger partial charge in [0, 0.05) is 30.4 Å². The van der Waals surface area contributed by atoms with Gasteiger partial charge in [0.05, 0.1) is 13.2 Å². The molecule has 32 heavy (non-hydrogen) atoms. The third-order valence-corrected chi connectivity index (χ3v) is 4.93. The van der Waals surface area contributed by atoms with Gasteiger partial charge in [0.15, 0.2) is 0 Å². The lowest BCUT2D eigenvalue weighted by molar-refractivity contribution is -0.100. The number of hydrogen-bond acceptors (Lipinski definition) is 5. The minimum atomic E-state index is -3.24. The molecule has 0 amide bonds. The summed E-state index contributed by atoms with van der Waals surface area (Å²) < 4.78 is 60.6. The molecule has 178 valence electrons. The molecule has 0 aromatic heterocycles. The Morgan fingerprint density at radius 1 is 1.00 bits per heavy atom. The van der Waals surface area contributed by atoms with Crippen molar-refractivity contribution >= 4 is 0 Å². The Balaban J connectivity index is 1.63. The van der Waals surface area contributed by atoms with Crippen LogP contribution in [-0.2, 0) is 23.7 Å². The highest BCUT2D eigenvalue weighted by Gasteiger charge is 2.33. The van der Waals surface area contributed by atoms with E-state index < -0.39 is 44.1 Å². The number of hydrogen-bond donors (Lipinski definition) is 4. The van der Waals surface area contributed by atoms with Gasteiger partial charge in [-0.15, -0.1) is 0 Å². The zero-order valence-corrected chi connectivity index (χ0v) is 17.6. The molecular weight excluding hydrogens is 430 g/mol. The Morgan fingerprint density at radius 2 is 1.72 bits per heavy atom. The SMILES string of the molecule is OCc1cc(C[C@@H](O)NCCCC(F)(F)CCOCC(F)(F)c2ccccc2)ccc1O. The number of alkyl halides is 4. The molecule has 0 unspecified atom stereocenters. The maximum absolute atomic E-state index is 14.0. The summed E-state index contributed by atoms with van der Waals surface area (Å²) in [5.74, 6) is -6.36. The van der Waals surface area contributed by atoms with Crippen molar-refractivity contribution in [1.29, 1.82) is 0 Å². The van der Waals surface area contributed by atoms with Crippen LogP contribution in [-0.4, -0.2) is 47.2 Å². The number of aromatic hydroxyl groups is 1. The van der Waals surface area contributed by atoms with Gasteiger partial charge in [0.1, 0.15) is 18.6 Å². The summed E-state index contributed by atoms with van der Waals surface area (Å²) in [7, 11) is 0. The van der Waals surface area contributed by atoms with Gasteiger partial charge >= 0.3 is 0 Å². The molecule has 0 saturated heterocycles. The summed E-state index contributed by atoms with van der Waals surface area (Å²) in [4.78, 5) is 0. The maximum atomic E-state index is 14.0. The smallest absolute Gasteiger partial charge is 0.296 e. The summed E-state index contributed by atoms with van der Waals surface area (Å²) in [6.07, 6.45) is -1.88. The van der Waals surface area contributed by atoms with E-state index in [1.54, 1.807) is 18.2 Å². The van der Waals surface area contributed by atoms with Crippen LogP contribution in [0.15, 0.2) is 48.5 Å². The van der Waals surface area contributed by atoms with Crippen LogP contribution in [0.25, 0.3) is 0 Å². The Morgan fingerprint density at radius 3 is 2.41 bits per heavy atom. The Kier molecular flexibility index (Phi) is 9.89. The van der Waals surface area contributed by atoms with Gasteiger partial charge in [0.25, 0.3) is 5.92 Å². The molecule has 4 N–H and O–H groups in total. The van der Waals surface area contributed by atoms with E-state index in [0.717, 1.165) is 0 Å². The van der Waals surface area contributed by atoms with E-state index in [-0.39, 0.29) is 37.3 Å². The molecule has 2 aromatic carbocycles. The second-order valence-electron chi connectivity index (χ2n) is 7.63. The normalized spacial score (nSPS) is 13.3. The Hall–Kier alpha value is -2.20. The molecule has 1 atom stereocenters. The molecule has 2 rings (SSSR count). The summed E-state index contributed by atoms with van der Waals surface area (Å²) in [6.45, 7) is -1.66. The van der Waals surface area contributed by atoms with E-state index in [4.69, 9.17) is 9.84 Å². The fourth-order valence-corrected chi connectivity index (χ4v) is 3.12. The van der Waals surface area contributed by atoms with Gasteiger partial charge in [-0.25, -0.2) is 8.78 Å². The van der Waals surface area contributed by atoms with E-state index in [1.165, 1.54) is 30.3 Å². The number of benzene rings is 2. The number of aliphatic hydroxyl groups excluding tert-OH is 2. The van der Waals surface area contributed by atoms with Gasteiger partial charge in [-0.1, -0.05) is 36.4 Å². The number of phenols is 1. The van der Waals surface area contributed by atoms with Crippen LogP contribution in [0.1, 0.15) is 36.0 Å². The quantitative estimate of drug-likeness (QED) is 0.195. The van der Waals surface area contributed by atoms with Gasteiger partial charge in [-0.05, 0) is 30.7 Å². The van der Waals surface area contributed by atoms with Crippen LogP contribution in [0.4, 0.5) is 17.6 Å². The van der Waals surface area contributed by atoms with Crippen molar-refractivity contribution in [3.63, 3.8) is 0 Å². The molecule has 0 spiro atoms. The lowest BCUT2D eigenvalue weighted by atomic mass is 10.1. The van der Waals surface area contributed by atoms with E-state index in [0.29, 0.717) is 11.1 Å². The number of rotatable bonds is 14. The van der Waals surface area contributed by atoms with Crippen molar-refractivity contribution in [2.45, 2.75) is 50.4 Å². The first-order valence-corrected chi connectivity index (χ1v) is 10.3. The molecule has 0 aliphatic carbocycles. The molecule has 2 aromatic rings. The largest absolute Gasteiger partial charge is 0.508 e. The van der Waals surface area contributed by atoms with Gasteiger partial charge in [-0.3, -0.25) is 5.32 Å². The number of aliphatic hydroxyl groups is 2. The Labute approximate surface area is 184 Å². The third-order valence-electron chi connectivity index (χ3n) is 4.93. The molecule has 0 aliphatic rings. The average Bonchev–Trinajstić information content (AvgIpc) is 2.76. The van der Waals surface area contributed by atoms with Crippen LogP contribution >= 0.6 is 0 Å². The van der Waals surface area contributed by atoms with Crippen molar-refractivity contribution in [2.24, 2.45) is 0 Å². The monoisotopic (exact) mass is 459 g/mol. The molecule has 0 fully saturated rings. The second kappa shape index (κ2) is 12.2. The third kappa shape index (κ3) is 8.74. The predicted molar refractivity (Wildman–Crippen MR) is 112 cm³/mol. The molecule has 0 saturated carbocycles. The zero-order valence-electron chi connectivity index (χ0n) is 17.6. The minimum absolute atomic E-state index is 0.0475. The summed E-state index contributed by atoms with van der Waals surface area (Å²) in [5, 5.41) is 31.4. The van der Waals surface area contributed by atoms with E-state index >= 15 is 0 Å². The second-order valence-corrected chi connectivity index (χ2v) is 7.63. The molecule has 0 heterocycles. The topological polar surface area (TPSA) is 82.0 Å². The van der Waals surface area contributed by atoms with Crippen molar-refractivity contribution in [3.8, 4) is 5.75 Å². The number of nitrogens with one attached hydrogen (secondary N) is 1. The average molecular weight is 459 g/mol. The number of halogens is 4. The highest BCUT2D eigenvalue weighted by Crippen LogP contribution is 2.29. The van der Waals surface area contributed by atoms with E-state index in [9.17, 15) is 27.8 Å². The molecule has 0 radical (unpaired) electrons. The number of ether oxygens (including phenoxy) is 1. The molecular formula is C23H29F4NO4. The fourth-order valence-electron chi connectivity index (χ4n) is 3.12. The summed E-state index contributed by atoms with van der Waals surface area (Å²) in [6, 6.07) is 11.6. The van der Waals surface area contributed by atoms with E-state index in [2.05, 4.69) is 5.32 Å². The molecule has 0 aliphatic heterocycles. The lowest BCUT2D eigenvalue weighted by Crippen LogP contribution is -2.32. The van der Waals surface area contributed by atoms with Crippen molar-refractivity contribution in [3.05, 3.63) is 65.2 Å². The Bertz CT molecular complexity index is 821. The van der Waals surface area contributed by atoms with Gasteiger partial charge < -0.3 is 20.1 Å². The zero-order chi connectivity index (χ0) is 23.6.